The fourth-order valence-corrected chi connectivity index (χ4v) is 11.3. The fraction of sp³-hybridized carbons (Fsp3) is 0.167. The van der Waals surface area contributed by atoms with Gasteiger partial charge in [-0.05, 0) is 48.5 Å². The highest BCUT2D eigenvalue weighted by molar-refractivity contribution is 7.90. The van der Waals surface area contributed by atoms with Gasteiger partial charge >= 0.3 is 11.9 Å². The molecule has 0 amide bonds. The first-order valence-corrected chi connectivity index (χ1v) is 14.3. The Morgan fingerprint density at radius 2 is 1.06 bits per heavy atom. The van der Waals surface area contributed by atoms with Crippen LogP contribution in [0.1, 0.15) is 12.8 Å². The number of carboxylic acids is 2. The third-order valence-corrected chi connectivity index (χ3v) is 12.6. The average Bonchev–Trinajstić information content (AvgIpc) is 2.84. The summed E-state index contributed by atoms with van der Waals surface area (Å²) in [5.41, 5.74) is 6.60. The lowest BCUT2D eigenvalue weighted by molar-refractivity contribution is -0.137. The Morgan fingerprint density at radius 3 is 1.41 bits per heavy atom. The number of hydrogen-bond donors (Lipinski definition) is 3. The van der Waals surface area contributed by atoms with Gasteiger partial charge in [0.25, 0.3) is 0 Å². The van der Waals surface area contributed by atoms with Gasteiger partial charge in [-0.2, -0.15) is 0 Å². The second-order valence-electron chi connectivity index (χ2n) is 7.69. The first-order valence-electron chi connectivity index (χ1n) is 10.6. The highest BCUT2D eigenvalue weighted by atomic mass is 31.2. The standard InChI is InChI=1S/C24H26N2O6P2/c25-19-11-13-20(14-12-19)26(33(31,17-15-23(27)28)21-7-3-1-4-8-21)34(32,18-16-24(29)30)22-9-5-2-6-10-22/h1-14H,15-18,25H2,(H,27,28)(H,29,30). The molecule has 0 aliphatic carbocycles. The Kier molecular flexibility index (Phi) is 7.98. The molecule has 0 saturated heterocycles. The van der Waals surface area contributed by atoms with Crippen LogP contribution in [0, 0.1) is 0 Å². The lowest BCUT2D eigenvalue weighted by Crippen LogP contribution is -2.32. The summed E-state index contributed by atoms with van der Waals surface area (Å²) < 4.78 is 31.1. The van der Waals surface area contributed by atoms with Crippen molar-refractivity contribution in [1.82, 2.24) is 0 Å². The Morgan fingerprint density at radius 1 is 0.676 bits per heavy atom. The van der Waals surface area contributed by atoms with E-state index in [1.54, 1.807) is 84.9 Å². The van der Waals surface area contributed by atoms with Crippen LogP contribution in [0.4, 0.5) is 11.4 Å². The molecule has 0 fully saturated rings. The van der Waals surface area contributed by atoms with Crippen LogP contribution in [-0.2, 0) is 18.7 Å². The molecule has 3 rings (SSSR count). The molecule has 3 aromatic carbocycles. The zero-order valence-corrected chi connectivity index (χ0v) is 20.1. The molecule has 4 N–H and O–H groups in total. The lowest BCUT2D eigenvalue weighted by Gasteiger charge is -2.40. The van der Waals surface area contributed by atoms with Crippen LogP contribution in [0.15, 0.2) is 84.9 Å². The van der Waals surface area contributed by atoms with Crippen molar-refractivity contribution >= 4 is 48.5 Å². The maximum absolute atomic E-state index is 14.9. The molecule has 0 heterocycles. The molecule has 0 bridgehead atoms. The van der Waals surface area contributed by atoms with Crippen molar-refractivity contribution in [1.29, 1.82) is 0 Å². The summed E-state index contributed by atoms with van der Waals surface area (Å²) in [4.78, 5) is 23.0. The predicted molar refractivity (Wildman–Crippen MR) is 135 cm³/mol. The number of benzene rings is 3. The van der Waals surface area contributed by atoms with E-state index >= 15 is 0 Å². The van der Waals surface area contributed by atoms with Crippen LogP contribution in [-0.4, -0.2) is 34.5 Å². The number of aliphatic carboxylic acids is 2. The first kappa shape index (κ1) is 25.3. The molecule has 0 aliphatic rings. The number of nitrogens with two attached hydrogens (primary N) is 1. The number of anilines is 2. The third-order valence-electron chi connectivity index (χ3n) is 5.31. The molecule has 0 spiro atoms. The van der Waals surface area contributed by atoms with Crippen molar-refractivity contribution in [3.05, 3.63) is 84.9 Å². The quantitative estimate of drug-likeness (QED) is 0.263. The van der Waals surface area contributed by atoms with E-state index in [0.717, 1.165) is 0 Å². The molecule has 2 unspecified atom stereocenters. The number of nitrogen functional groups attached to an aromatic ring is 1. The molecule has 0 aliphatic heterocycles. The summed E-state index contributed by atoms with van der Waals surface area (Å²) in [6, 6.07) is 22.9. The van der Waals surface area contributed by atoms with Gasteiger partial charge in [-0.25, -0.2) is 0 Å². The molecule has 178 valence electrons. The second-order valence-corrected chi connectivity index (χ2v) is 13.5. The van der Waals surface area contributed by atoms with Crippen LogP contribution in [0.2, 0.25) is 0 Å². The van der Waals surface area contributed by atoms with Crippen molar-refractivity contribution < 1.29 is 28.9 Å². The Labute approximate surface area is 197 Å². The minimum atomic E-state index is -3.86. The Balaban J connectivity index is 2.34. The summed E-state index contributed by atoms with van der Waals surface area (Å²) in [7, 11) is -7.73. The average molecular weight is 500 g/mol. The maximum atomic E-state index is 14.9. The van der Waals surface area contributed by atoms with Crippen molar-refractivity contribution in [2.75, 3.05) is 22.5 Å². The molecule has 10 heteroatoms. The number of nitrogens with zero attached hydrogens (tertiary/aromatic N) is 1. The summed E-state index contributed by atoms with van der Waals surface area (Å²) in [5, 5.41) is 19.5. The molecule has 34 heavy (non-hydrogen) atoms. The van der Waals surface area contributed by atoms with E-state index < -0.39 is 39.4 Å². The van der Waals surface area contributed by atoms with E-state index in [4.69, 9.17) is 5.73 Å². The number of carbonyl (C=O) groups is 2. The van der Waals surface area contributed by atoms with Gasteiger partial charge < -0.3 is 15.9 Å². The van der Waals surface area contributed by atoms with Gasteiger partial charge in [-0.1, -0.05) is 36.4 Å². The van der Waals surface area contributed by atoms with Crippen LogP contribution in [0.3, 0.4) is 0 Å². The third kappa shape index (κ3) is 5.58. The van der Waals surface area contributed by atoms with Gasteiger partial charge in [0.2, 0.25) is 14.6 Å². The van der Waals surface area contributed by atoms with Crippen LogP contribution in [0.5, 0.6) is 0 Å². The monoisotopic (exact) mass is 500 g/mol. The van der Waals surface area contributed by atoms with Crippen molar-refractivity contribution in [2.45, 2.75) is 12.8 Å². The normalized spacial score (nSPS) is 14.5. The summed E-state index contributed by atoms with van der Waals surface area (Å²) in [6.45, 7) is 0. The van der Waals surface area contributed by atoms with Crippen molar-refractivity contribution in [3.8, 4) is 0 Å². The van der Waals surface area contributed by atoms with E-state index in [9.17, 15) is 28.9 Å². The lowest BCUT2D eigenvalue weighted by atomic mass is 10.3. The van der Waals surface area contributed by atoms with Gasteiger partial charge in [-0.15, -0.1) is 0 Å². The fourth-order valence-electron chi connectivity index (χ4n) is 3.70. The van der Waals surface area contributed by atoms with Gasteiger partial charge in [0, 0.05) is 34.3 Å². The second kappa shape index (κ2) is 10.7. The zero-order valence-electron chi connectivity index (χ0n) is 18.4. The van der Waals surface area contributed by atoms with E-state index in [-0.39, 0.29) is 12.3 Å². The first-order chi connectivity index (χ1) is 16.2. The molecule has 2 atom stereocenters. The van der Waals surface area contributed by atoms with E-state index in [2.05, 4.69) is 0 Å². The van der Waals surface area contributed by atoms with Gasteiger partial charge in [0.05, 0.1) is 12.8 Å². The van der Waals surface area contributed by atoms with Gasteiger partial charge in [0.15, 0.2) is 0 Å². The van der Waals surface area contributed by atoms with E-state index in [1.165, 1.54) is 4.44 Å². The van der Waals surface area contributed by atoms with Gasteiger partial charge in [-0.3, -0.25) is 23.2 Å². The number of hydrogen-bond acceptors (Lipinski definition) is 5. The largest absolute Gasteiger partial charge is 0.481 e. The van der Waals surface area contributed by atoms with Crippen molar-refractivity contribution in [3.63, 3.8) is 0 Å². The Hall–Kier alpha value is -3.34. The van der Waals surface area contributed by atoms with Crippen LogP contribution in [0.25, 0.3) is 0 Å². The predicted octanol–water partition coefficient (Wildman–Crippen LogP) is 4.23. The molecular weight excluding hydrogens is 474 g/mol. The topological polar surface area (TPSA) is 138 Å². The molecule has 0 radical (unpaired) electrons. The van der Waals surface area contributed by atoms with Crippen LogP contribution < -0.4 is 20.8 Å². The SMILES string of the molecule is Nc1ccc(N(P(=O)(CCC(=O)O)c2ccccc2)P(=O)(CCC(=O)O)c2ccccc2)cc1. The minimum absolute atomic E-state index is 0.291. The molecular formula is C24H26N2O6P2. The molecule has 3 aromatic rings. The maximum Gasteiger partial charge on any atom is 0.303 e. The number of rotatable bonds is 11. The minimum Gasteiger partial charge on any atom is -0.481 e. The smallest absolute Gasteiger partial charge is 0.303 e. The summed E-state index contributed by atoms with van der Waals surface area (Å²) in [5.74, 6) is -2.29. The highest BCUT2D eigenvalue weighted by Gasteiger charge is 2.45. The Bertz CT molecular complexity index is 1160. The van der Waals surface area contributed by atoms with Crippen molar-refractivity contribution in [2.24, 2.45) is 0 Å². The molecule has 8 nitrogen and oxygen atoms in total. The molecule has 0 aromatic heterocycles. The summed E-state index contributed by atoms with van der Waals surface area (Å²) in [6.07, 6.45) is -1.43. The zero-order chi connectivity index (χ0) is 24.8. The summed E-state index contributed by atoms with van der Waals surface area (Å²) >= 11 is 0. The highest BCUT2D eigenvalue weighted by Crippen LogP contribution is 2.67. The van der Waals surface area contributed by atoms with E-state index in [0.29, 0.717) is 22.0 Å². The number of carboxylic acid groups (broad SMARTS) is 2. The molecule has 0 saturated carbocycles. The van der Waals surface area contributed by atoms with Crippen LogP contribution >= 0.6 is 14.6 Å². The van der Waals surface area contributed by atoms with Gasteiger partial charge in [0.1, 0.15) is 0 Å². The van der Waals surface area contributed by atoms with E-state index in [1.807, 2.05) is 0 Å².